The Balaban J connectivity index is 1.39. The zero-order chi connectivity index (χ0) is 31.8. The van der Waals surface area contributed by atoms with Crippen LogP contribution in [0.15, 0.2) is 78.9 Å². The van der Waals surface area contributed by atoms with Crippen molar-refractivity contribution in [1.82, 2.24) is 0 Å². The molecule has 0 aliphatic rings. The van der Waals surface area contributed by atoms with Crippen LogP contribution >= 0.6 is 0 Å². The molecule has 0 spiro atoms. The number of carbonyl (C=O) groups excluding carboxylic acids is 3. The first-order valence-corrected chi connectivity index (χ1v) is 15.0. The smallest absolute Gasteiger partial charge is 0.343 e. The normalized spacial score (nSPS) is 11.3. The Morgan fingerprint density at radius 2 is 1.32 bits per heavy atom. The summed E-state index contributed by atoms with van der Waals surface area (Å²) in [6, 6.07) is 21.7. The molecule has 0 radical (unpaired) electrons. The zero-order valence-corrected chi connectivity index (χ0v) is 26.0. The molecule has 0 aromatic heterocycles. The number of hydrogen-bond acceptors (Lipinski definition) is 8. The molecule has 0 unspecified atom stereocenters. The molecule has 8 heteroatoms. The summed E-state index contributed by atoms with van der Waals surface area (Å²) < 4.78 is 27.0. The summed E-state index contributed by atoms with van der Waals surface area (Å²) in [5.74, 6) is -0.0212. The largest absolute Gasteiger partial charge is 0.491 e. The van der Waals surface area contributed by atoms with Gasteiger partial charge in [-0.25, -0.2) is 9.59 Å². The molecule has 0 saturated heterocycles. The molecule has 0 N–H and O–H groups in total. The minimum atomic E-state index is -0.493. The second kappa shape index (κ2) is 17.6. The second-order valence-corrected chi connectivity index (χ2v) is 10.7. The predicted molar refractivity (Wildman–Crippen MR) is 170 cm³/mol. The van der Waals surface area contributed by atoms with Crippen LogP contribution in [0.1, 0.15) is 62.9 Å². The summed E-state index contributed by atoms with van der Waals surface area (Å²) in [7, 11) is 0. The van der Waals surface area contributed by atoms with Gasteiger partial charge in [-0.3, -0.25) is 4.79 Å². The van der Waals surface area contributed by atoms with Gasteiger partial charge in [0.15, 0.2) is 0 Å². The number of esters is 3. The van der Waals surface area contributed by atoms with Crippen LogP contribution in [0.5, 0.6) is 11.5 Å². The molecule has 0 amide bonds. The Labute approximate surface area is 259 Å². The second-order valence-electron chi connectivity index (χ2n) is 10.7. The Kier molecular flexibility index (Phi) is 13.6. The standard InChI is InChI=1S/C36H42O8/c1-5-7-22-42-33(37)21-10-27-8-11-28(12-9-27)29-13-19-32(20-14-29)44-34(38)30-15-17-31(18-16-30)41-25-23-40-24-26-43-35(39)36(3,4)6-2/h8-21H,5-7,22-26H2,1-4H3. The molecule has 0 fully saturated rings. The van der Waals surface area contributed by atoms with Crippen molar-refractivity contribution in [3.05, 3.63) is 90.0 Å². The molecular weight excluding hydrogens is 560 g/mol. The van der Waals surface area contributed by atoms with Gasteiger partial charge in [-0.2, -0.15) is 0 Å². The lowest BCUT2D eigenvalue weighted by molar-refractivity contribution is -0.155. The van der Waals surface area contributed by atoms with E-state index in [9.17, 15) is 14.4 Å². The highest BCUT2D eigenvalue weighted by atomic mass is 16.6. The topological polar surface area (TPSA) is 97.4 Å². The van der Waals surface area contributed by atoms with E-state index in [1.165, 1.54) is 6.08 Å². The van der Waals surface area contributed by atoms with E-state index in [1.54, 1.807) is 42.5 Å². The van der Waals surface area contributed by atoms with Crippen LogP contribution in [0.3, 0.4) is 0 Å². The van der Waals surface area contributed by atoms with E-state index in [0.29, 0.717) is 49.9 Å². The van der Waals surface area contributed by atoms with Gasteiger partial charge in [0.1, 0.15) is 24.7 Å². The molecule has 3 aromatic rings. The maximum absolute atomic E-state index is 12.6. The third-order valence-corrected chi connectivity index (χ3v) is 6.95. The van der Waals surface area contributed by atoms with E-state index >= 15 is 0 Å². The van der Waals surface area contributed by atoms with E-state index in [2.05, 4.69) is 0 Å². The van der Waals surface area contributed by atoms with Gasteiger partial charge >= 0.3 is 17.9 Å². The zero-order valence-electron chi connectivity index (χ0n) is 26.0. The molecule has 0 aliphatic carbocycles. The summed E-state index contributed by atoms with van der Waals surface area (Å²) in [6.07, 6.45) is 5.71. The van der Waals surface area contributed by atoms with Gasteiger partial charge in [-0.05, 0) is 85.9 Å². The Hall–Kier alpha value is -4.43. The van der Waals surface area contributed by atoms with Crippen LogP contribution in [0.25, 0.3) is 17.2 Å². The first kappa shape index (κ1) is 34.1. The number of hydrogen-bond donors (Lipinski definition) is 0. The van der Waals surface area contributed by atoms with Gasteiger partial charge in [0.05, 0.1) is 30.8 Å². The molecule has 0 heterocycles. The number of unbranched alkanes of at least 4 members (excludes halogenated alkanes) is 1. The fourth-order valence-corrected chi connectivity index (χ4v) is 3.74. The van der Waals surface area contributed by atoms with Crippen molar-refractivity contribution in [2.75, 3.05) is 33.0 Å². The molecule has 0 bridgehead atoms. The van der Waals surface area contributed by atoms with Crippen molar-refractivity contribution in [1.29, 1.82) is 0 Å². The average Bonchev–Trinajstić information content (AvgIpc) is 3.04. The van der Waals surface area contributed by atoms with E-state index in [4.69, 9.17) is 23.7 Å². The van der Waals surface area contributed by atoms with Crippen molar-refractivity contribution >= 4 is 24.0 Å². The maximum atomic E-state index is 12.6. The third-order valence-electron chi connectivity index (χ3n) is 6.95. The molecule has 234 valence electrons. The quantitative estimate of drug-likeness (QED) is 0.0687. The predicted octanol–water partition coefficient (Wildman–Crippen LogP) is 7.30. The van der Waals surface area contributed by atoms with Gasteiger partial charge < -0.3 is 23.7 Å². The van der Waals surface area contributed by atoms with Crippen LogP contribution < -0.4 is 9.47 Å². The highest BCUT2D eigenvalue weighted by Crippen LogP contribution is 2.24. The molecular formula is C36H42O8. The molecule has 0 aliphatic heterocycles. The average molecular weight is 603 g/mol. The monoisotopic (exact) mass is 602 g/mol. The number of carbonyl (C=O) groups is 3. The van der Waals surface area contributed by atoms with Crippen molar-refractivity contribution in [2.45, 2.75) is 47.0 Å². The lowest BCUT2D eigenvalue weighted by Crippen LogP contribution is -2.27. The van der Waals surface area contributed by atoms with Crippen LogP contribution in [-0.2, 0) is 23.8 Å². The van der Waals surface area contributed by atoms with Crippen LogP contribution in [0.4, 0.5) is 0 Å². The fourth-order valence-electron chi connectivity index (χ4n) is 3.74. The number of ether oxygens (including phenoxy) is 5. The van der Waals surface area contributed by atoms with Crippen LogP contribution in [0.2, 0.25) is 0 Å². The van der Waals surface area contributed by atoms with E-state index < -0.39 is 11.4 Å². The van der Waals surface area contributed by atoms with Crippen LogP contribution in [-0.4, -0.2) is 50.9 Å². The summed E-state index contributed by atoms with van der Waals surface area (Å²) in [5.41, 5.74) is 2.75. The third kappa shape index (κ3) is 11.3. The SMILES string of the molecule is CCCCOC(=O)C=Cc1ccc(-c2ccc(OC(=O)c3ccc(OCCOCCOC(=O)C(C)(C)CC)cc3)cc2)cc1. The number of benzene rings is 3. The summed E-state index contributed by atoms with van der Waals surface area (Å²) in [4.78, 5) is 36.3. The maximum Gasteiger partial charge on any atom is 0.343 e. The molecule has 0 saturated carbocycles. The summed E-state index contributed by atoms with van der Waals surface area (Å²) >= 11 is 0. The first-order chi connectivity index (χ1) is 21.2. The van der Waals surface area contributed by atoms with E-state index in [-0.39, 0.29) is 18.5 Å². The van der Waals surface area contributed by atoms with Gasteiger partial charge in [0.25, 0.3) is 0 Å². The minimum Gasteiger partial charge on any atom is -0.491 e. The van der Waals surface area contributed by atoms with Crippen molar-refractivity contribution in [3.8, 4) is 22.6 Å². The van der Waals surface area contributed by atoms with E-state index in [1.807, 2.05) is 64.1 Å². The van der Waals surface area contributed by atoms with Gasteiger partial charge in [0.2, 0.25) is 0 Å². The Bertz CT molecular complexity index is 1360. The van der Waals surface area contributed by atoms with E-state index in [0.717, 1.165) is 29.5 Å². The van der Waals surface area contributed by atoms with Crippen LogP contribution in [0, 0.1) is 5.41 Å². The molecule has 0 atom stereocenters. The molecule has 44 heavy (non-hydrogen) atoms. The summed E-state index contributed by atoms with van der Waals surface area (Å²) in [5, 5.41) is 0. The number of rotatable bonds is 17. The van der Waals surface area contributed by atoms with Crippen molar-refractivity contribution in [2.24, 2.45) is 5.41 Å². The van der Waals surface area contributed by atoms with Gasteiger partial charge in [-0.1, -0.05) is 56.7 Å². The minimum absolute atomic E-state index is 0.201. The highest BCUT2D eigenvalue weighted by molar-refractivity contribution is 5.91. The van der Waals surface area contributed by atoms with Crippen molar-refractivity contribution in [3.63, 3.8) is 0 Å². The lowest BCUT2D eigenvalue weighted by atomic mass is 9.91. The molecule has 3 aromatic carbocycles. The summed E-state index contributed by atoms with van der Waals surface area (Å²) in [6.45, 7) is 9.29. The van der Waals surface area contributed by atoms with Gasteiger partial charge in [-0.15, -0.1) is 0 Å². The molecule has 3 rings (SSSR count). The lowest BCUT2D eigenvalue weighted by Gasteiger charge is -2.20. The fraction of sp³-hybridized carbons (Fsp3) is 0.361. The van der Waals surface area contributed by atoms with Crippen molar-refractivity contribution < 1.29 is 38.1 Å². The first-order valence-electron chi connectivity index (χ1n) is 15.0. The highest BCUT2D eigenvalue weighted by Gasteiger charge is 2.26. The molecule has 8 nitrogen and oxygen atoms in total. The Morgan fingerprint density at radius 1 is 0.705 bits per heavy atom. The Morgan fingerprint density at radius 3 is 1.95 bits per heavy atom. The van der Waals surface area contributed by atoms with Gasteiger partial charge in [0, 0.05) is 6.08 Å².